The van der Waals surface area contributed by atoms with Crippen LogP contribution in [-0.2, 0) is 25.0 Å². The Labute approximate surface area is 432 Å². The Morgan fingerprint density at radius 1 is 0.563 bits per heavy atom. The zero-order valence-electron chi connectivity index (χ0n) is 34.3. The molecule has 5 aromatic carbocycles. The number of alkyl halides is 3. The lowest BCUT2D eigenvalue weighted by Crippen LogP contribution is -2.15. The van der Waals surface area contributed by atoms with Crippen molar-refractivity contribution >= 4 is 98.3 Å². The van der Waals surface area contributed by atoms with Crippen molar-refractivity contribution in [1.29, 1.82) is 0 Å². The molecule has 0 fully saturated rings. The smallest absolute Gasteiger partial charge is 0.310 e. The highest BCUT2D eigenvalue weighted by molar-refractivity contribution is 6.53. The second kappa shape index (κ2) is 33.2. The quantitative estimate of drug-likeness (QED) is 0.0368. The molecule has 0 aliphatic carbocycles. The van der Waals surface area contributed by atoms with Crippen molar-refractivity contribution in [3.05, 3.63) is 186 Å². The molecule has 5 aromatic rings. The van der Waals surface area contributed by atoms with Gasteiger partial charge in [0.05, 0.1) is 36.1 Å². The molecule has 0 saturated heterocycles. The van der Waals surface area contributed by atoms with E-state index >= 15 is 0 Å². The Balaban J connectivity index is 0. The lowest BCUT2D eigenvalue weighted by Gasteiger charge is -2.17. The van der Waals surface area contributed by atoms with Crippen LogP contribution in [0, 0.1) is 98.6 Å². The molecular formula is C46H34Cl7F15O3. The second-order valence-corrected chi connectivity index (χ2v) is 15.2. The first-order valence-corrected chi connectivity index (χ1v) is 20.9. The predicted molar refractivity (Wildman–Crippen MR) is 247 cm³/mol. The van der Waals surface area contributed by atoms with Crippen LogP contribution in [0.4, 0.5) is 65.9 Å². The summed E-state index contributed by atoms with van der Waals surface area (Å²) in [6, 6.07) is 5.32. The first kappa shape index (κ1) is 68.5. The van der Waals surface area contributed by atoms with E-state index in [2.05, 4.69) is 10.7 Å². The molecule has 0 saturated carbocycles. The summed E-state index contributed by atoms with van der Waals surface area (Å²) in [7, 11) is 0. The minimum absolute atomic E-state index is 0. The van der Waals surface area contributed by atoms with Gasteiger partial charge in [-0.3, -0.25) is 4.79 Å². The lowest BCUT2D eigenvalue weighted by molar-refractivity contribution is -0.142. The average molecular weight is 1170 g/mol. The van der Waals surface area contributed by atoms with Gasteiger partial charge in [0.2, 0.25) is 0 Å². The second-order valence-electron chi connectivity index (χ2n) is 12.3. The molecule has 0 bridgehead atoms. The van der Waals surface area contributed by atoms with E-state index in [-0.39, 0.29) is 65.4 Å². The molecule has 390 valence electrons. The molecule has 25 heteroatoms. The maximum atomic E-state index is 13.1. The van der Waals surface area contributed by atoms with E-state index in [9.17, 15) is 70.7 Å². The highest BCUT2D eigenvalue weighted by Crippen LogP contribution is 2.37. The molecule has 0 atom stereocenters. The summed E-state index contributed by atoms with van der Waals surface area (Å²) in [5.74, 6) is -15.9. The van der Waals surface area contributed by atoms with E-state index in [0.29, 0.717) is 67.3 Å². The van der Waals surface area contributed by atoms with Crippen LogP contribution in [0.15, 0.2) is 71.4 Å². The summed E-state index contributed by atoms with van der Waals surface area (Å²) in [5.41, 5.74) is -0.411. The number of halogens is 22. The van der Waals surface area contributed by atoms with Crippen molar-refractivity contribution in [3.63, 3.8) is 0 Å². The molecule has 0 amide bonds. The highest BCUT2D eigenvalue weighted by Gasteiger charge is 2.30. The third-order valence-corrected chi connectivity index (χ3v) is 9.75. The number of hydrogen-bond donors (Lipinski definition) is 0. The third-order valence-electron chi connectivity index (χ3n) is 7.45. The highest BCUT2D eigenvalue weighted by atomic mass is 35.5. The van der Waals surface area contributed by atoms with Gasteiger partial charge in [0.25, 0.3) is 0 Å². The third kappa shape index (κ3) is 22.8. The Hall–Kier alpha value is -4.61. The van der Waals surface area contributed by atoms with Crippen molar-refractivity contribution in [2.45, 2.75) is 39.5 Å². The van der Waals surface area contributed by atoms with Crippen LogP contribution in [0.2, 0.25) is 0 Å². The topological polar surface area (TPSA) is 35.5 Å². The first-order valence-electron chi connectivity index (χ1n) is 18.1. The summed E-state index contributed by atoms with van der Waals surface area (Å²) in [5, 5.41) is 1.60. The fourth-order valence-electron chi connectivity index (χ4n) is 4.33. The van der Waals surface area contributed by atoms with Gasteiger partial charge in [0.1, 0.15) is 29.1 Å². The van der Waals surface area contributed by atoms with Crippen LogP contribution in [0.3, 0.4) is 0 Å². The molecule has 71 heavy (non-hydrogen) atoms. The van der Waals surface area contributed by atoms with E-state index in [1.54, 1.807) is 13.8 Å². The van der Waals surface area contributed by atoms with Gasteiger partial charge in [-0.1, -0.05) is 61.3 Å². The first-order chi connectivity index (χ1) is 32.2. The van der Waals surface area contributed by atoms with Gasteiger partial charge in [0.15, 0.2) is 67.7 Å². The Morgan fingerprint density at radius 3 is 1.48 bits per heavy atom. The number of carbonyl (C=O) groups excluding carboxylic acids is 1. The lowest BCUT2D eigenvalue weighted by atomic mass is 10.1. The molecule has 0 aromatic heterocycles. The molecule has 5 rings (SSSR count). The Morgan fingerprint density at radius 2 is 0.986 bits per heavy atom. The van der Waals surface area contributed by atoms with Crippen LogP contribution < -0.4 is 0 Å². The summed E-state index contributed by atoms with van der Waals surface area (Å²) in [4.78, 5) is 11.0. The van der Waals surface area contributed by atoms with E-state index in [1.165, 1.54) is 0 Å². The zero-order valence-corrected chi connectivity index (χ0v) is 39.6. The largest absolute Gasteiger partial charge is 0.483 e. The van der Waals surface area contributed by atoms with Gasteiger partial charge in [-0.05, 0) is 73.3 Å². The number of carbonyl (C=O) groups is 1. The Bertz CT molecular complexity index is 2700. The van der Waals surface area contributed by atoms with Gasteiger partial charge < -0.3 is 9.47 Å². The number of rotatable bonds is 9. The molecule has 0 spiro atoms. The summed E-state index contributed by atoms with van der Waals surface area (Å²) in [6.45, 7) is 3.75. The maximum absolute atomic E-state index is 13.1. The van der Waals surface area contributed by atoms with Crippen molar-refractivity contribution < 1.29 is 80.1 Å². The fraction of sp³-hybridized carbons (Fsp3) is 0.196. The van der Waals surface area contributed by atoms with Crippen molar-refractivity contribution in [3.8, 4) is 11.3 Å². The molecule has 0 unspecified atom stereocenters. The van der Waals surface area contributed by atoms with E-state index in [0.717, 1.165) is 11.6 Å². The van der Waals surface area contributed by atoms with E-state index in [1.807, 2.05) is 5.38 Å². The minimum atomic E-state index is -1.76. The van der Waals surface area contributed by atoms with Crippen LogP contribution in [-0.4, -0.2) is 25.1 Å². The van der Waals surface area contributed by atoms with Crippen molar-refractivity contribution in [2.75, 3.05) is 19.1 Å². The standard InChI is InChI=1S/C10H8ClF3O.C10H9F3O2.C8H4Cl3F3.C8H3Cl2F3.C8H2ClF3.2CH4/c1-2-15-10(11)4-6-3-8(13)9(14)5-7(6)12;1-2-15-10(14)4-6-3-8(12)9(13)5-7(6)11;9-3-8(10,11)4-1-6(13)7(14)2-5(4)12;9-3-5(10)4-1-7(12)8(13)2-6(4)11;9-2-1-5-3-7(11)8(12)4-6(5)10;;/h3-5H,2H2,1H3;3,5H,2,4H2,1H3;1-2H,3H2;1-3H;3-4H;2*1H4. The summed E-state index contributed by atoms with van der Waals surface area (Å²) < 4.78 is 198. The molecular weight excluding hydrogens is 1130 g/mol. The number of benzene rings is 5. The van der Waals surface area contributed by atoms with Gasteiger partial charge >= 0.3 is 5.97 Å². The summed E-state index contributed by atoms with van der Waals surface area (Å²) in [6.07, 6.45) is 0.680. The zero-order chi connectivity index (χ0) is 52.9. The fourth-order valence-corrected chi connectivity index (χ4v) is 5.35. The predicted octanol–water partition coefficient (Wildman–Crippen LogP) is 17.7. The average Bonchev–Trinajstić information content (AvgIpc) is 3.27. The number of ether oxygens (including phenoxy) is 2. The molecule has 0 aliphatic rings. The van der Waals surface area contributed by atoms with Gasteiger partial charge in [-0.2, -0.15) is 0 Å². The van der Waals surface area contributed by atoms with Crippen molar-refractivity contribution in [1.82, 2.24) is 0 Å². The van der Waals surface area contributed by atoms with Crippen LogP contribution in [0.1, 0.15) is 56.5 Å². The van der Waals surface area contributed by atoms with E-state index < -0.39 is 104 Å². The van der Waals surface area contributed by atoms with Gasteiger partial charge in [-0.25, -0.2) is 65.9 Å². The van der Waals surface area contributed by atoms with Gasteiger partial charge in [-0.15, -0.1) is 11.6 Å². The molecule has 0 aliphatic heterocycles. The molecule has 3 nitrogen and oxygen atoms in total. The number of hydrogen-bond acceptors (Lipinski definition) is 3. The molecule has 0 radical (unpaired) electrons. The van der Waals surface area contributed by atoms with E-state index in [4.69, 9.17) is 85.9 Å². The van der Waals surface area contributed by atoms with Crippen LogP contribution in [0.25, 0.3) is 11.1 Å². The maximum Gasteiger partial charge on any atom is 0.310 e. The Kier molecular flexibility index (Phi) is 32.0. The SMILES string of the molecule is C.C.CCOC(=O)Cc1cc(F)c(F)cc1F.CCOC(Cl)=Cc1cc(F)c(F)cc1F.Fc1cc(F)c(C#CCl)cc1F.Fc1cc(F)c(C(Cl)(Cl)CCl)cc1F.Fc1cc(F)c(C(Cl)=CCl)cc1F. The monoisotopic (exact) mass is 1160 g/mol. The number of esters is 1. The van der Waals surface area contributed by atoms with Crippen LogP contribution >= 0.6 is 81.2 Å². The minimum Gasteiger partial charge on any atom is -0.483 e. The van der Waals surface area contributed by atoms with Gasteiger partial charge in [0, 0.05) is 69.6 Å². The van der Waals surface area contributed by atoms with Crippen molar-refractivity contribution in [2.24, 2.45) is 0 Å². The molecule has 0 heterocycles. The molecule has 0 N–H and O–H groups in total. The summed E-state index contributed by atoms with van der Waals surface area (Å²) >= 11 is 37.6. The van der Waals surface area contributed by atoms with Crippen LogP contribution in [0.5, 0.6) is 0 Å². The normalized spacial score (nSPS) is 10.6.